The van der Waals surface area contributed by atoms with Crippen LogP contribution in [0.5, 0.6) is 5.75 Å². The average Bonchev–Trinajstić information content (AvgIpc) is 2.47. The Labute approximate surface area is 115 Å². The smallest absolute Gasteiger partial charge is 0.120 e. The first-order chi connectivity index (χ1) is 9.30. The monoisotopic (exact) mass is 264 g/mol. The second kappa shape index (κ2) is 6.78. The Morgan fingerprint density at radius 3 is 2.95 bits per heavy atom. The lowest BCUT2D eigenvalue weighted by atomic mass is 9.97. The maximum Gasteiger partial charge on any atom is 0.120 e. The van der Waals surface area contributed by atoms with Gasteiger partial charge in [0.2, 0.25) is 0 Å². The van der Waals surface area contributed by atoms with Crippen molar-refractivity contribution in [1.82, 2.24) is 0 Å². The number of nitrogens with zero attached hydrogens (tertiary/aromatic N) is 1. The molecule has 0 aliphatic carbocycles. The zero-order chi connectivity index (χ0) is 13.7. The Bertz CT molecular complexity index is 407. The van der Waals surface area contributed by atoms with Crippen LogP contribution < -0.4 is 15.4 Å². The van der Waals surface area contributed by atoms with E-state index in [9.17, 15) is 5.11 Å². The molecule has 4 heteroatoms. The summed E-state index contributed by atoms with van der Waals surface area (Å²) < 4.78 is 5.32. The number of aliphatic hydroxyl groups excluding tert-OH is 1. The van der Waals surface area contributed by atoms with E-state index in [0.29, 0.717) is 12.6 Å². The van der Waals surface area contributed by atoms with E-state index >= 15 is 0 Å². The molecule has 0 spiro atoms. The van der Waals surface area contributed by atoms with Crippen LogP contribution in [0.2, 0.25) is 0 Å². The minimum atomic E-state index is 0.239. The summed E-state index contributed by atoms with van der Waals surface area (Å²) >= 11 is 0. The lowest BCUT2D eigenvalue weighted by molar-refractivity contribution is 0.262. The first-order valence-electron chi connectivity index (χ1n) is 7.04. The zero-order valence-corrected chi connectivity index (χ0v) is 11.6. The van der Waals surface area contributed by atoms with Gasteiger partial charge in [0.05, 0.1) is 7.11 Å². The van der Waals surface area contributed by atoms with Gasteiger partial charge in [-0.3, -0.25) is 0 Å². The van der Waals surface area contributed by atoms with Gasteiger partial charge >= 0.3 is 0 Å². The molecule has 0 radical (unpaired) electrons. The molecule has 19 heavy (non-hydrogen) atoms. The summed E-state index contributed by atoms with van der Waals surface area (Å²) in [6.45, 7) is 1.80. The predicted octanol–water partition coefficient (Wildman–Crippen LogP) is 1.90. The van der Waals surface area contributed by atoms with Gasteiger partial charge in [0, 0.05) is 37.5 Å². The van der Waals surface area contributed by atoms with E-state index in [1.807, 2.05) is 12.1 Å². The number of methoxy groups -OCH3 is 1. The van der Waals surface area contributed by atoms with Crippen molar-refractivity contribution in [3.05, 3.63) is 23.8 Å². The van der Waals surface area contributed by atoms with Crippen molar-refractivity contribution < 1.29 is 9.84 Å². The van der Waals surface area contributed by atoms with Crippen LogP contribution in [0.4, 0.5) is 5.69 Å². The van der Waals surface area contributed by atoms with Gasteiger partial charge in [-0.2, -0.15) is 0 Å². The Morgan fingerprint density at radius 1 is 1.42 bits per heavy atom. The van der Waals surface area contributed by atoms with Crippen molar-refractivity contribution in [2.75, 3.05) is 25.2 Å². The lowest BCUT2D eigenvalue weighted by Gasteiger charge is -2.38. The molecule has 1 aliphatic heterocycles. The van der Waals surface area contributed by atoms with Gasteiger partial charge < -0.3 is 20.5 Å². The zero-order valence-electron chi connectivity index (χ0n) is 11.6. The maximum absolute atomic E-state index is 9.23. The van der Waals surface area contributed by atoms with Crippen molar-refractivity contribution in [3.63, 3.8) is 0 Å². The number of aliphatic hydroxyl groups is 1. The molecule has 3 N–H and O–H groups in total. The fourth-order valence-electron chi connectivity index (χ4n) is 2.88. The number of hydrogen-bond donors (Lipinski definition) is 2. The van der Waals surface area contributed by atoms with Crippen molar-refractivity contribution in [3.8, 4) is 5.75 Å². The van der Waals surface area contributed by atoms with E-state index in [1.54, 1.807) is 7.11 Å². The molecule has 0 bridgehead atoms. The summed E-state index contributed by atoms with van der Waals surface area (Å²) in [4.78, 5) is 2.39. The van der Waals surface area contributed by atoms with Crippen LogP contribution in [0, 0.1) is 0 Å². The summed E-state index contributed by atoms with van der Waals surface area (Å²) in [6.07, 6.45) is 4.40. The second-order valence-corrected chi connectivity index (χ2v) is 5.05. The molecule has 1 aliphatic rings. The van der Waals surface area contributed by atoms with Gasteiger partial charge in [0.15, 0.2) is 0 Å². The molecule has 0 saturated carbocycles. The second-order valence-electron chi connectivity index (χ2n) is 5.05. The normalized spacial score (nSPS) is 19.5. The Balaban J connectivity index is 2.30. The summed E-state index contributed by atoms with van der Waals surface area (Å²) in [6, 6.07) is 6.48. The first kappa shape index (κ1) is 14.2. The third-order valence-corrected chi connectivity index (χ3v) is 3.91. The van der Waals surface area contributed by atoms with Gasteiger partial charge in [0.1, 0.15) is 5.75 Å². The molecule has 0 amide bonds. The molecule has 1 atom stereocenters. The van der Waals surface area contributed by atoms with Crippen LogP contribution >= 0.6 is 0 Å². The molecule has 2 rings (SSSR count). The fourth-order valence-corrected chi connectivity index (χ4v) is 2.88. The summed E-state index contributed by atoms with van der Waals surface area (Å²) in [7, 11) is 1.68. The van der Waals surface area contributed by atoms with Crippen LogP contribution in [-0.4, -0.2) is 31.4 Å². The number of nitrogens with two attached hydrogens (primary N) is 1. The quantitative estimate of drug-likeness (QED) is 0.852. The minimum absolute atomic E-state index is 0.239. The molecule has 1 heterocycles. The van der Waals surface area contributed by atoms with E-state index < -0.39 is 0 Å². The van der Waals surface area contributed by atoms with Crippen LogP contribution in [-0.2, 0) is 6.54 Å². The van der Waals surface area contributed by atoms with Gasteiger partial charge in [0.25, 0.3) is 0 Å². The summed E-state index contributed by atoms with van der Waals surface area (Å²) in [5.74, 6) is 0.862. The van der Waals surface area contributed by atoms with Crippen molar-refractivity contribution in [1.29, 1.82) is 0 Å². The molecular formula is C15H24N2O2. The molecule has 1 unspecified atom stereocenters. The number of rotatable bonds is 5. The van der Waals surface area contributed by atoms with Gasteiger partial charge in [-0.15, -0.1) is 0 Å². The molecule has 4 nitrogen and oxygen atoms in total. The largest absolute Gasteiger partial charge is 0.497 e. The van der Waals surface area contributed by atoms with Gasteiger partial charge in [-0.25, -0.2) is 0 Å². The molecule has 1 saturated heterocycles. The molecule has 0 aromatic heterocycles. The topological polar surface area (TPSA) is 58.7 Å². The van der Waals surface area contributed by atoms with E-state index in [2.05, 4.69) is 11.0 Å². The molecular weight excluding hydrogens is 240 g/mol. The van der Waals surface area contributed by atoms with Crippen molar-refractivity contribution in [2.45, 2.75) is 38.3 Å². The maximum atomic E-state index is 9.23. The highest BCUT2D eigenvalue weighted by Gasteiger charge is 2.24. The first-order valence-corrected chi connectivity index (χ1v) is 7.04. The summed E-state index contributed by atoms with van der Waals surface area (Å²) in [5, 5.41) is 9.23. The number of hydrogen-bond acceptors (Lipinski definition) is 4. The van der Waals surface area contributed by atoms with Crippen LogP contribution in [0.15, 0.2) is 18.2 Å². The highest BCUT2D eigenvalue weighted by Crippen LogP contribution is 2.32. The van der Waals surface area contributed by atoms with Crippen LogP contribution in [0.25, 0.3) is 0 Å². The molecule has 1 aromatic rings. The molecule has 106 valence electrons. The SMILES string of the molecule is COc1ccc(CN)c(N2CCCCC2CCO)c1. The number of anilines is 1. The summed E-state index contributed by atoms with van der Waals surface area (Å²) in [5.41, 5.74) is 8.16. The highest BCUT2D eigenvalue weighted by atomic mass is 16.5. The van der Waals surface area contributed by atoms with E-state index in [-0.39, 0.29) is 6.61 Å². The average molecular weight is 264 g/mol. The number of ether oxygens (including phenoxy) is 1. The van der Waals surface area contributed by atoms with E-state index in [1.165, 1.54) is 18.5 Å². The number of benzene rings is 1. The van der Waals surface area contributed by atoms with Crippen LogP contribution in [0.3, 0.4) is 0 Å². The van der Waals surface area contributed by atoms with Gasteiger partial charge in [-0.1, -0.05) is 6.07 Å². The predicted molar refractivity (Wildman–Crippen MR) is 77.6 cm³/mol. The van der Waals surface area contributed by atoms with Crippen LogP contribution in [0.1, 0.15) is 31.2 Å². The standard InChI is InChI=1S/C15H24N2O2/c1-19-14-6-5-12(11-16)15(10-14)17-8-3-2-4-13(17)7-9-18/h5-6,10,13,18H,2-4,7-9,11,16H2,1H3. The highest BCUT2D eigenvalue weighted by molar-refractivity contribution is 5.58. The minimum Gasteiger partial charge on any atom is -0.497 e. The Morgan fingerprint density at radius 2 is 2.26 bits per heavy atom. The van der Waals surface area contributed by atoms with E-state index in [4.69, 9.17) is 10.5 Å². The fraction of sp³-hybridized carbons (Fsp3) is 0.600. The Hall–Kier alpha value is -1.26. The third-order valence-electron chi connectivity index (χ3n) is 3.91. The number of piperidine rings is 1. The van der Waals surface area contributed by atoms with Crippen molar-refractivity contribution in [2.24, 2.45) is 5.73 Å². The molecule has 1 fully saturated rings. The van der Waals surface area contributed by atoms with Gasteiger partial charge in [-0.05, 0) is 37.3 Å². The molecule has 1 aromatic carbocycles. The van der Waals surface area contributed by atoms with Crippen molar-refractivity contribution >= 4 is 5.69 Å². The lowest BCUT2D eigenvalue weighted by Crippen LogP contribution is -2.40. The Kier molecular flexibility index (Phi) is 5.05. The van der Waals surface area contributed by atoms with E-state index in [0.717, 1.165) is 30.7 Å². The third kappa shape index (κ3) is 3.19.